The predicted molar refractivity (Wildman–Crippen MR) is 92.5 cm³/mol. The molecule has 14 heteroatoms. The SMILES string of the molecule is O=c1cc(Cn2nc(C(F)(F)F)cc2Cl)nc2sc(C(F)(F)F)c(N3CCC3)n12. The monoisotopic (exact) mass is 457 g/mol. The van der Waals surface area contributed by atoms with Gasteiger partial charge >= 0.3 is 12.4 Å². The lowest BCUT2D eigenvalue weighted by molar-refractivity contribution is -0.141. The lowest BCUT2D eigenvalue weighted by Gasteiger charge is -2.33. The maximum Gasteiger partial charge on any atom is 0.435 e. The van der Waals surface area contributed by atoms with Crippen LogP contribution in [0.4, 0.5) is 32.2 Å². The van der Waals surface area contributed by atoms with Gasteiger partial charge < -0.3 is 4.90 Å². The third-order valence-corrected chi connectivity index (χ3v) is 5.67. The molecule has 4 rings (SSSR count). The molecule has 1 saturated heterocycles. The number of hydrogen-bond donors (Lipinski definition) is 0. The van der Waals surface area contributed by atoms with Crippen LogP contribution in [0.15, 0.2) is 16.9 Å². The van der Waals surface area contributed by atoms with Gasteiger partial charge in [-0.05, 0) is 6.42 Å². The Morgan fingerprint density at radius 1 is 1.10 bits per heavy atom. The van der Waals surface area contributed by atoms with Crippen molar-refractivity contribution in [3.63, 3.8) is 0 Å². The van der Waals surface area contributed by atoms with Crippen molar-refractivity contribution in [3.8, 4) is 0 Å². The van der Waals surface area contributed by atoms with E-state index in [9.17, 15) is 31.1 Å². The first-order valence-electron chi connectivity index (χ1n) is 8.13. The van der Waals surface area contributed by atoms with Crippen LogP contribution in [-0.2, 0) is 18.9 Å². The van der Waals surface area contributed by atoms with Crippen LogP contribution in [0.2, 0.25) is 5.15 Å². The van der Waals surface area contributed by atoms with Crippen LogP contribution in [0.1, 0.15) is 22.7 Å². The van der Waals surface area contributed by atoms with Crippen LogP contribution in [0.25, 0.3) is 4.96 Å². The summed E-state index contributed by atoms with van der Waals surface area (Å²) in [6.07, 6.45) is -8.69. The van der Waals surface area contributed by atoms with Gasteiger partial charge in [-0.2, -0.15) is 31.4 Å². The van der Waals surface area contributed by atoms with E-state index in [2.05, 4.69) is 10.1 Å². The molecule has 0 spiro atoms. The van der Waals surface area contributed by atoms with Crippen LogP contribution in [-0.4, -0.2) is 32.3 Å². The molecule has 0 unspecified atom stereocenters. The van der Waals surface area contributed by atoms with Crippen LogP contribution in [0, 0.1) is 0 Å². The summed E-state index contributed by atoms with van der Waals surface area (Å²) in [6.45, 7) is 0.359. The summed E-state index contributed by atoms with van der Waals surface area (Å²) >= 11 is 6.06. The minimum absolute atomic E-state index is 0.0566. The molecule has 1 aliphatic rings. The van der Waals surface area contributed by atoms with Gasteiger partial charge in [0, 0.05) is 25.2 Å². The standard InChI is InChI=1S/C15H10ClF6N5OS/c16-9-5-8(14(17,18)19)24-26(9)6-7-4-10(28)27-12(25-2-1-3-25)11(15(20,21)22)29-13(27)23-7/h4-5H,1-3,6H2. The van der Waals surface area contributed by atoms with Gasteiger partial charge in [-0.15, -0.1) is 0 Å². The van der Waals surface area contributed by atoms with Crippen molar-refractivity contribution in [2.24, 2.45) is 0 Å². The smallest absolute Gasteiger partial charge is 0.356 e. The van der Waals surface area contributed by atoms with Crippen LogP contribution in [0.5, 0.6) is 0 Å². The molecule has 29 heavy (non-hydrogen) atoms. The van der Waals surface area contributed by atoms with Crippen LogP contribution < -0.4 is 10.5 Å². The molecule has 0 atom stereocenters. The van der Waals surface area contributed by atoms with E-state index in [1.54, 1.807) is 0 Å². The Labute approximate surface area is 166 Å². The molecule has 1 aliphatic heterocycles. The highest BCUT2D eigenvalue weighted by atomic mass is 35.5. The summed E-state index contributed by atoms with van der Waals surface area (Å²) in [6, 6.07) is 1.58. The number of rotatable bonds is 3. The fourth-order valence-corrected chi connectivity index (χ4v) is 4.13. The van der Waals surface area contributed by atoms with Crippen molar-refractivity contribution in [2.45, 2.75) is 25.3 Å². The van der Waals surface area contributed by atoms with Gasteiger partial charge in [0.05, 0.1) is 12.2 Å². The van der Waals surface area contributed by atoms with E-state index in [1.165, 1.54) is 4.90 Å². The van der Waals surface area contributed by atoms with E-state index in [-0.39, 0.29) is 21.6 Å². The summed E-state index contributed by atoms with van der Waals surface area (Å²) in [5.41, 5.74) is -2.05. The Morgan fingerprint density at radius 3 is 2.31 bits per heavy atom. The largest absolute Gasteiger partial charge is 0.435 e. The van der Waals surface area contributed by atoms with Gasteiger partial charge in [0.1, 0.15) is 11.0 Å². The molecular weight excluding hydrogens is 448 g/mol. The average molecular weight is 458 g/mol. The Bertz CT molecular complexity index is 1140. The fourth-order valence-electron chi connectivity index (χ4n) is 2.88. The minimum atomic E-state index is -4.71. The lowest BCUT2D eigenvalue weighted by atomic mass is 10.2. The number of alkyl halides is 6. The molecular formula is C15H10ClF6N5OS. The summed E-state index contributed by atoms with van der Waals surface area (Å²) in [7, 11) is 0. The van der Waals surface area contributed by atoms with E-state index in [0.717, 1.165) is 15.1 Å². The topological polar surface area (TPSA) is 55.4 Å². The fraction of sp³-hybridized carbons (Fsp3) is 0.400. The number of fused-ring (bicyclic) bond motifs is 1. The lowest BCUT2D eigenvalue weighted by Crippen LogP contribution is -2.40. The Morgan fingerprint density at radius 2 is 1.79 bits per heavy atom. The molecule has 0 saturated carbocycles. The van der Waals surface area contributed by atoms with Gasteiger partial charge in [0.15, 0.2) is 15.5 Å². The number of nitrogens with zero attached hydrogens (tertiary/aromatic N) is 5. The minimum Gasteiger partial charge on any atom is -0.356 e. The number of aromatic nitrogens is 4. The first-order valence-corrected chi connectivity index (χ1v) is 9.33. The molecule has 3 aromatic heterocycles. The van der Waals surface area contributed by atoms with Gasteiger partial charge in [0.25, 0.3) is 5.56 Å². The molecule has 156 valence electrons. The summed E-state index contributed by atoms with van der Waals surface area (Å²) in [4.78, 5) is 16.9. The maximum atomic E-state index is 13.5. The summed E-state index contributed by atoms with van der Waals surface area (Å²) in [5.74, 6) is -0.260. The summed E-state index contributed by atoms with van der Waals surface area (Å²) < 4.78 is 80.3. The third kappa shape index (κ3) is 3.56. The highest BCUT2D eigenvalue weighted by Gasteiger charge is 2.41. The third-order valence-electron chi connectivity index (χ3n) is 4.30. The second-order valence-corrected chi connectivity index (χ2v) is 7.67. The second kappa shape index (κ2) is 6.62. The molecule has 0 aliphatic carbocycles. The van der Waals surface area contributed by atoms with Crippen molar-refractivity contribution in [1.29, 1.82) is 0 Å². The molecule has 3 aromatic rings. The first kappa shape index (κ1) is 20.0. The highest BCUT2D eigenvalue weighted by molar-refractivity contribution is 7.17. The second-order valence-electron chi connectivity index (χ2n) is 6.30. The molecule has 6 nitrogen and oxygen atoms in total. The van der Waals surface area contributed by atoms with Gasteiger partial charge in [-0.1, -0.05) is 22.9 Å². The van der Waals surface area contributed by atoms with Gasteiger partial charge in [-0.3, -0.25) is 4.79 Å². The zero-order valence-electron chi connectivity index (χ0n) is 14.2. The van der Waals surface area contributed by atoms with Crippen molar-refractivity contribution in [2.75, 3.05) is 18.0 Å². The molecule has 0 amide bonds. The maximum absolute atomic E-state index is 13.5. The molecule has 0 radical (unpaired) electrons. The van der Waals surface area contributed by atoms with Crippen molar-refractivity contribution in [1.82, 2.24) is 19.2 Å². The number of hydrogen-bond acceptors (Lipinski definition) is 5. The number of halogens is 7. The van der Waals surface area contributed by atoms with E-state index >= 15 is 0 Å². The van der Waals surface area contributed by atoms with E-state index in [1.807, 2.05) is 0 Å². The highest BCUT2D eigenvalue weighted by Crippen LogP contribution is 2.42. The molecule has 0 N–H and O–H groups in total. The van der Waals surface area contributed by atoms with E-state index in [0.29, 0.717) is 36.9 Å². The Balaban J connectivity index is 1.79. The molecule has 4 heterocycles. The Hall–Kier alpha value is -2.28. The van der Waals surface area contributed by atoms with Crippen molar-refractivity contribution >= 4 is 33.7 Å². The zero-order valence-corrected chi connectivity index (χ0v) is 15.8. The van der Waals surface area contributed by atoms with Crippen molar-refractivity contribution < 1.29 is 26.3 Å². The molecule has 0 aromatic carbocycles. The summed E-state index contributed by atoms with van der Waals surface area (Å²) in [5, 5.41) is 2.98. The molecule has 1 fully saturated rings. The van der Waals surface area contributed by atoms with Gasteiger partial charge in [0.2, 0.25) is 0 Å². The number of thiazole rings is 1. The van der Waals surface area contributed by atoms with Crippen molar-refractivity contribution in [3.05, 3.63) is 43.9 Å². The van der Waals surface area contributed by atoms with E-state index < -0.39 is 35.0 Å². The normalized spacial score (nSPS) is 15.2. The Kier molecular flexibility index (Phi) is 4.57. The van der Waals surface area contributed by atoms with Gasteiger partial charge in [-0.25, -0.2) is 14.1 Å². The zero-order chi connectivity index (χ0) is 21.1. The van der Waals surface area contributed by atoms with Crippen LogP contribution >= 0.6 is 22.9 Å². The average Bonchev–Trinajstić information content (AvgIpc) is 3.07. The quantitative estimate of drug-likeness (QED) is 0.560. The molecule has 0 bridgehead atoms. The first-order chi connectivity index (χ1) is 13.4. The van der Waals surface area contributed by atoms with E-state index in [4.69, 9.17) is 11.6 Å². The predicted octanol–water partition coefficient (Wildman–Crippen LogP) is 3.90. The van der Waals surface area contributed by atoms with Crippen LogP contribution in [0.3, 0.4) is 0 Å². The number of anilines is 1.